The number of H-pyrrole nitrogens is 1. The molecule has 0 aliphatic heterocycles. The molecule has 0 atom stereocenters. The Labute approximate surface area is 157 Å². The normalized spacial score (nSPS) is 10.7. The summed E-state index contributed by atoms with van der Waals surface area (Å²) in [6.07, 6.45) is 0. The highest BCUT2D eigenvalue weighted by Crippen LogP contribution is 2.20. The summed E-state index contributed by atoms with van der Waals surface area (Å²) < 4.78 is 5.77. The third-order valence-corrected chi connectivity index (χ3v) is 4.38. The van der Waals surface area contributed by atoms with E-state index in [9.17, 15) is 4.79 Å². The van der Waals surface area contributed by atoms with Crippen molar-refractivity contribution in [2.24, 2.45) is 0 Å². The lowest BCUT2D eigenvalue weighted by atomic mass is 10.2. The van der Waals surface area contributed by atoms with E-state index >= 15 is 0 Å². The van der Waals surface area contributed by atoms with Gasteiger partial charge in [0.1, 0.15) is 18.1 Å². The molecule has 0 saturated heterocycles. The minimum atomic E-state index is -0.165. The highest BCUT2D eigenvalue weighted by atomic mass is 16.5. The van der Waals surface area contributed by atoms with Crippen LogP contribution in [0, 0.1) is 6.92 Å². The van der Waals surface area contributed by atoms with E-state index in [1.807, 2.05) is 79.7 Å². The number of carbonyl (C=O) groups is 1. The molecule has 1 heterocycles. The predicted octanol–water partition coefficient (Wildman–Crippen LogP) is 5.31. The Balaban J connectivity index is 1.40. The van der Waals surface area contributed by atoms with Gasteiger partial charge in [0.2, 0.25) is 0 Å². The van der Waals surface area contributed by atoms with Crippen LogP contribution in [0.5, 0.6) is 5.75 Å². The van der Waals surface area contributed by atoms with E-state index in [-0.39, 0.29) is 5.91 Å². The van der Waals surface area contributed by atoms with Crippen molar-refractivity contribution in [2.45, 2.75) is 13.5 Å². The Morgan fingerprint density at radius 1 is 0.963 bits per heavy atom. The molecular weight excluding hydrogens is 336 g/mol. The van der Waals surface area contributed by atoms with E-state index in [2.05, 4.69) is 16.4 Å². The molecule has 4 aromatic rings. The zero-order valence-electron chi connectivity index (χ0n) is 15.0. The third kappa shape index (κ3) is 4.01. The number of amides is 1. The molecule has 0 fully saturated rings. The summed E-state index contributed by atoms with van der Waals surface area (Å²) >= 11 is 0. The van der Waals surface area contributed by atoms with E-state index < -0.39 is 0 Å². The number of hydrogen-bond acceptors (Lipinski definition) is 2. The number of nitrogens with one attached hydrogen (secondary N) is 2. The summed E-state index contributed by atoms with van der Waals surface area (Å²) in [4.78, 5) is 15.6. The maximum absolute atomic E-state index is 12.5. The lowest BCUT2D eigenvalue weighted by molar-refractivity contribution is 0.102. The second-order valence-corrected chi connectivity index (χ2v) is 6.53. The van der Waals surface area contributed by atoms with Crippen LogP contribution >= 0.6 is 0 Å². The standard InChI is InChI=1S/C23H20N2O2/c1-16-7-12-21-18(13-16)14-22(25-21)23(26)24-19-8-10-20(11-9-19)27-15-17-5-3-2-4-6-17/h2-14,25H,15H2,1H3,(H,24,26). The monoisotopic (exact) mass is 356 g/mol. The van der Waals surface area contributed by atoms with E-state index in [4.69, 9.17) is 4.74 Å². The number of aromatic nitrogens is 1. The maximum Gasteiger partial charge on any atom is 0.272 e. The first-order chi connectivity index (χ1) is 13.2. The highest BCUT2D eigenvalue weighted by molar-refractivity contribution is 6.06. The molecule has 4 nitrogen and oxygen atoms in total. The van der Waals surface area contributed by atoms with Gasteiger partial charge in [-0.2, -0.15) is 0 Å². The molecule has 0 bridgehead atoms. The first-order valence-electron chi connectivity index (χ1n) is 8.85. The Morgan fingerprint density at radius 3 is 2.52 bits per heavy atom. The fourth-order valence-electron chi connectivity index (χ4n) is 2.95. The highest BCUT2D eigenvalue weighted by Gasteiger charge is 2.10. The van der Waals surface area contributed by atoms with Gasteiger partial charge >= 0.3 is 0 Å². The van der Waals surface area contributed by atoms with Gasteiger partial charge in [-0.1, -0.05) is 42.0 Å². The quantitative estimate of drug-likeness (QED) is 0.509. The lowest BCUT2D eigenvalue weighted by Gasteiger charge is -2.08. The summed E-state index contributed by atoms with van der Waals surface area (Å²) in [5.74, 6) is 0.597. The lowest BCUT2D eigenvalue weighted by Crippen LogP contribution is -2.12. The van der Waals surface area contributed by atoms with Gasteiger partial charge in [-0.15, -0.1) is 0 Å². The summed E-state index contributed by atoms with van der Waals surface area (Å²) in [6.45, 7) is 2.55. The summed E-state index contributed by atoms with van der Waals surface area (Å²) in [7, 11) is 0. The molecule has 0 spiro atoms. The van der Waals surface area contributed by atoms with Crippen LogP contribution in [0.1, 0.15) is 21.6 Å². The van der Waals surface area contributed by atoms with Gasteiger partial charge in [-0.05, 0) is 55.0 Å². The second kappa shape index (κ2) is 7.38. The SMILES string of the molecule is Cc1ccc2[nH]c(C(=O)Nc3ccc(OCc4ccccc4)cc3)cc2c1. The van der Waals surface area contributed by atoms with Gasteiger partial charge in [-0.3, -0.25) is 4.79 Å². The van der Waals surface area contributed by atoms with Gasteiger partial charge < -0.3 is 15.0 Å². The number of anilines is 1. The summed E-state index contributed by atoms with van der Waals surface area (Å²) in [6, 6.07) is 25.3. The topological polar surface area (TPSA) is 54.1 Å². The smallest absolute Gasteiger partial charge is 0.272 e. The molecule has 0 radical (unpaired) electrons. The van der Waals surface area contributed by atoms with Crippen LogP contribution in [0.25, 0.3) is 10.9 Å². The molecule has 134 valence electrons. The fourth-order valence-corrected chi connectivity index (χ4v) is 2.95. The van der Waals surface area contributed by atoms with E-state index in [0.717, 1.165) is 27.9 Å². The number of aryl methyl sites for hydroxylation is 1. The molecular formula is C23H20N2O2. The number of rotatable bonds is 5. The number of ether oxygens (including phenoxy) is 1. The molecule has 4 heteroatoms. The van der Waals surface area contributed by atoms with Crippen molar-refractivity contribution in [2.75, 3.05) is 5.32 Å². The van der Waals surface area contributed by atoms with Crippen molar-refractivity contribution < 1.29 is 9.53 Å². The molecule has 27 heavy (non-hydrogen) atoms. The number of fused-ring (bicyclic) bond motifs is 1. The van der Waals surface area contributed by atoms with Crippen LogP contribution in [-0.4, -0.2) is 10.9 Å². The zero-order valence-corrected chi connectivity index (χ0v) is 15.0. The van der Waals surface area contributed by atoms with Crippen LogP contribution in [0.4, 0.5) is 5.69 Å². The molecule has 1 amide bonds. The Hall–Kier alpha value is -3.53. The van der Waals surface area contributed by atoms with E-state index in [1.54, 1.807) is 0 Å². The van der Waals surface area contributed by atoms with Gasteiger partial charge in [0, 0.05) is 16.6 Å². The molecule has 0 saturated carbocycles. The molecule has 0 unspecified atom stereocenters. The zero-order chi connectivity index (χ0) is 18.6. The average molecular weight is 356 g/mol. The minimum absolute atomic E-state index is 0.165. The predicted molar refractivity (Wildman–Crippen MR) is 108 cm³/mol. The molecule has 3 aromatic carbocycles. The van der Waals surface area contributed by atoms with Gasteiger partial charge in [0.05, 0.1) is 0 Å². The van der Waals surface area contributed by atoms with Crippen LogP contribution in [0.2, 0.25) is 0 Å². The Morgan fingerprint density at radius 2 is 1.74 bits per heavy atom. The Bertz CT molecular complexity index is 1070. The van der Waals surface area contributed by atoms with Crippen LogP contribution in [0.15, 0.2) is 78.9 Å². The van der Waals surface area contributed by atoms with E-state index in [0.29, 0.717) is 12.3 Å². The molecule has 0 aliphatic rings. The largest absolute Gasteiger partial charge is 0.489 e. The second-order valence-electron chi connectivity index (χ2n) is 6.53. The van der Waals surface area contributed by atoms with Crippen molar-refractivity contribution in [1.82, 2.24) is 4.98 Å². The molecule has 1 aromatic heterocycles. The minimum Gasteiger partial charge on any atom is -0.489 e. The van der Waals surface area contributed by atoms with Gasteiger partial charge in [0.25, 0.3) is 5.91 Å². The Kier molecular flexibility index (Phi) is 4.62. The van der Waals surface area contributed by atoms with Crippen LogP contribution in [0.3, 0.4) is 0 Å². The molecule has 4 rings (SSSR count). The molecule has 0 aliphatic carbocycles. The van der Waals surface area contributed by atoms with Crippen LogP contribution in [-0.2, 0) is 6.61 Å². The van der Waals surface area contributed by atoms with Crippen molar-refractivity contribution in [3.05, 3.63) is 95.7 Å². The number of hydrogen-bond donors (Lipinski definition) is 2. The number of carbonyl (C=O) groups excluding carboxylic acids is 1. The van der Waals surface area contributed by atoms with Crippen LogP contribution < -0.4 is 10.1 Å². The maximum atomic E-state index is 12.5. The van der Waals surface area contributed by atoms with Crippen molar-refractivity contribution >= 4 is 22.5 Å². The number of aromatic amines is 1. The van der Waals surface area contributed by atoms with Crippen molar-refractivity contribution in [1.29, 1.82) is 0 Å². The average Bonchev–Trinajstić information content (AvgIpc) is 3.11. The summed E-state index contributed by atoms with van der Waals surface area (Å²) in [5, 5.41) is 3.94. The molecule has 2 N–H and O–H groups in total. The van der Waals surface area contributed by atoms with Gasteiger partial charge in [0.15, 0.2) is 0 Å². The third-order valence-electron chi connectivity index (χ3n) is 4.38. The number of benzene rings is 3. The van der Waals surface area contributed by atoms with Crippen molar-refractivity contribution in [3.8, 4) is 5.75 Å². The first-order valence-corrected chi connectivity index (χ1v) is 8.85. The van der Waals surface area contributed by atoms with Crippen molar-refractivity contribution in [3.63, 3.8) is 0 Å². The fraction of sp³-hybridized carbons (Fsp3) is 0.0870. The summed E-state index contributed by atoms with van der Waals surface area (Å²) in [5.41, 5.74) is 4.50. The first kappa shape index (κ1) is 16.9. The van der Waals surface area contributed by atoms with Gasteiger partial charge in [-0.25, -0.2) is 0 Å². The van der Waals surface area contributed by atoms with E-state index in [1.165, 1.54) is 5.56 Å².